The molecule has 88 valence electrons. The molecule has 1 aromatic carbocycles. The number of aryl methyl sites for hydroxylation is 2. The van der Waals surface area contributed by atoms with E-state index in [1.54, 1.807) is 0 Å². The summed E-state index contributed by atoms with van der Waals surface area (Å²) in [5.41, 5.74) is 4.35. The summed E-state index contributed by atoms with van der Waals surface area (Å²) in [7, 11) is 0. The SMILES string of the molecule is Cc1ccc(CC2CCC(Br)C2C)cc1C. The molecule has 16 heavy (non-hydrogen) atoms. The van der Waals surface area contributed by atoms with Crippen molar-refractivity contribution in [2.45, 2.75) is 44.9 Å². The van der Waals surface area contributed by atoms with Crippen molar-refractivity contribution in [2.75, 3.05) is 0 Å². The molecule has 0 heterocycles. The van der Waals surface area contributed by atoms with Crippen LogP contribution in [0.5, 0.6) is 0 Å². The topological polar surface area (TPSA) is 0 Å². The van der Waals surface area contributed by atoms with Crippen LogP contribution in [-0.4, -0.2) is 4.83 Å². The summed E-state index contributed by atoms with van der Waals surface area (Å²) in [5.74, 6) is 1.69. The Morgan fingerprint density at radius 3 is 2.50 bits per heavy atom. The van der Waals surface area contributed by atoms with E-state index in [9.17, 15) is 0 Å². The lowest BCUT2D eigenvalue weighted by Gasteiger charge is -2.17. The van der Waals surface area contributed by atoms with E-state index in [1.807, 2.05) is 0 Å². The quantitative estimate of drug-likeness (QED) is 0.692. The largest absolute Gasteiger partial charge is 0.0888 e. The number of hydrogen-bond donors (Lipinski definition) is 0. The zero-order valence-electron chi connectivity index (χ0n) is 10.5. The summed E-state index contributed by atoms with van der Waals surface area (Å²) in [6.45, 7) is 6.79. The Kier molecular flexibility index (Phi) is 3.73. The first kappa shape index (κ1) is 12.2. The number of benzene rings is 1. The molecule has 1 heteroatoms. The van der Waals surface area contributed by atoms with Crippen LogP contribution >= 0.6 is 15.9 Å². The van der Waals surface area contributed by atoms with Gasteiger partial charge in [-0.1, -0.05) is 41.1 Å². The highest BCUT2D eigenvalue weighted by molar-refractivity contribution is 9.09. The fraction of sp³-hybridized carbons (Fsp3) is 0.600. The van der Waals surface area contributed by atoms with Gasteiger partial charge in [-0.15, -0.1) is 0 Å². The first-order valence-corrected chi connectivity index (χ1v) is 7.19. The van der Waals surface area contributed by atoms with Crippen molar-refractivity contribution in [3.63, 3.8) is 0 Å². The van der Waals surface area contributed by atoms with Crippen LogP contribution in [-0.2, 0) is 6.42 Å². The molecule has 0 saturated heterocycles. The van der Waals surface area contributed by atoms with Gasteiger partial charge in [-0.05, 0) is 61.6 Å². The third-order valence-electron chi connectivity index (χ3n) is 4.20. The zero-order valence-corrected chi connectivity index (χ0v) is 12.0. The van der Waals surface area contributed by atoms with Gasteiger partial charge in [-0.2, -0.15) is 0 Å². The van der Waals surface area contributed by atoms with E-state index in [0.717, 1.165) is 16.7 Å². The van der Waals surface area contributed by atoms with Gasteiger partial charge in [0, 0.05) is 4.83 Å². The highest BCUT2D eigenvalue weighted by Crippen LogP contribution is 2.38. The summed E-state index contributed by atoms with van der Waals surface area (Å²) in [4.78, 5) is 0.740. The van der Waals surface area contributed by atoms with Gasteiger partial charge in [0.05, 0.1) is 0 Å². The normalized spacial score (nSPS) is 29.6. The Hall–Kier alpha value is -0.300. The highest BCUT2D eigenvalue weighted by atomic mass is 79.9. The molecule has 1 aliphatic carbocycles. The van der Waals surface area contributed by atoms with Gasteiger partial charge < -0.3 is 0 Å². The molecular weight excluding hydrogens is 260 g/mol. The molecule has 3 unspecified atom stereocenters. The Bertz CT molecular complexity index is 370. The molecule has 0 nitrogen and oxygen atoms in total. The molecule has 0 aromatic heterocycles. The van der Waals surface area contributed by atoms with Gasteiger partial charge in [-0.25, -0.2) is 0 Å². The predicted molar refractivity (Wildman–Crippen MR) is 74.2 cm³/mol. The van der Waals surface area contributed by atoms with E-state index < -0.39 is 0 Å². The number of halogens is 1. The summed E-state index contributed by atoms with van der Waals surface area (Å²) < 4.78 is 0. The van der Waals surface area contributed by atoms with Crippen molar-refractivity contribution in [2.24, 2.45) is 11.8 Å². The second-order valence-corrected chi connectivity index (χ2v) is 6.51. The highest BCUT2D eigenvalue weighted by Gasteiger charge is 2.30. The Labute approximate surface area is 108 Å². The fourth-order valence-electron chi connectivity index (χ4n) is 2.72. The van der Waals surface area contributed by atoms with Crippen LogP contribution in [0, 0.1) is 25.7 Å². The standard InChI is InChI=1S/C15H21Br/c1-10-4-5-13(8-11(10)2)9-14-6-7-15(16)12(14)3/h4-5,8,12,14-15H,6-7,9H2,1-3H3. The summed E-state index contributed by atoms with van der Waals surface area (Å²) in [6.07, 6.45) is 3.98. The first-order chi connectivity index (χ1) is 7.58. The van der Waals surface area contributed by atoms with Gasteiger partial charge in [0.15, 0.2) is 0 Å². The van der Waals surface area contributed by atoms with Crippen LogP contribution in [0.2, 0.25) is 0 Å². The maximum Gasteiger partial charge on any atom is 0.0174 e. The van der Waals surface area contributed by atoms with Crippen molar-refractivity contribution >= 4 is 15.9 Å². The van der Waals surface area contributed by atoms with Crippen molar-refractivity contribution in [1.29, 1.82) is 0 Å². The molecule has 0 spiro atoms. The molecule has 1 fully saturated rings. The second kappa shape index (κ2) is 4.91. The molecule has 0 amide bonds. The Morgan fingerprint density at radius 1 is 1.19 bits per heavy atom. The smallest absolute Gasteiger partial charge is 0.0174 e. The fourth-order valence-corrected chi connectivity index (χ4v) is 3.41. The number of alkyl halides is 1. The van der Waals surface area contributed by atoms with Gasteiger partial charge in [0.1, 0.15) is 0 Å². The molecule has 0 N–H and O–H groups in total. The van der Waals surface area contributed by atoms with Crippen LogP contribution < -0.4 is 0 Å². The van der Waals surface area contributed by atoms with Crippen LogP contribution in [0.1, 0.15) is 36.5 Å². The van der Waals surface area contributed by atoms with Crippen molar-refractivity contribution in [3.05, 3.63) is 34.9 Å². The lowest BCUT2D eigenvalue weighted by atomic mass is 9.90. The van der Waals surface area contributed by atoms with Gasteiger partial charge in [-0.3, -0.25) is 0 Å². The molecule has 0 bridgehead atoms. The maximum atomic E-state index is 3.78. The van der Waals surface area contributed by atoms with Crippen molar-refractivity contribution in [1.82, 2.24) is 0 Å². The summed E-state index contributed by atoms with van der Waals surface area (Å²) >= 11 is 3.78. The van der Waals surface area contributed by atoms with Crippen LogP contribution in [0.25, 0.3) is 0 Å². The van der Waals surface area contributed by atoms with Crippen LogP contribution in [0.3, 0.4) is 0 Å². The van der Waals surface area contributed by atoms with E-state index in [0.29, 0.717) is 0 Å². The maximum absolute atomic E-state index is 3.78. The molecular formula is C15H21Br. The third-order valence-corrected chi connectivity index (χ3v) is 5.49. The Morgan fingerprint density at radius 2 is 1.94 bits per heavy atom. The van der Waals surface area contributed by atoms with Crippen LogP contribution in [0.15, 0.2) is 18.2 Å². The Balaban J connectivity index is 2.07. The van der Waals surface area contributed by atoms with E-state index in [-0.39, 0.29) is 0 Å². The summed E-state index contributed by atoms with van der Waals surface area (Å²) in [6, 6.07) is 6.93. The molecule has 0 aliphatic heterocycles. The van der Waals surface area contributed by atoms with E-state index >= 15 is 0 Å². The zero-order chi connectivity index (χ0) is 11.7. The minimum absolute atomic E-state index is 0.740. The van der Waals surface area contributed by atoms with Gasteiger partial charge in [0.2, 0.25) is 0 Å². The lowest BCUT2D eigenvalue weighted by molar-refractivity contribution is 0.423. The minimum atomic E-state index is 0.740. The predicted octanol–water partition coefficient (Wildman–Crippen LogP) is 4.66. The molecule has 1 aromatic rings. The molecule has 0 radical (unpaired) electrons. The second-order valence-electron chi connectivity index (χ2n) is 5.34. The number of hydrogen-bond acceptors (Lipinski definition) is 0. The first-order valence-electron chi connectivity index (χ1n) is 6.28. The monoisotopic (exact) mass is 280 g/mol. The van der Waals surface area contributed by atoms with Crippen molar-refractivity contribution in [3.8, 4) is 0 Å². The van der Waals surface area contributed by atoms with E-state index in [1.165, 1.54) is 36.0 Å². The molecule has 3 atom stereocenters. The lowest BCUT2D eigenvalue weighted by Crippen LogP contribution is -2.13. The molecule has 2 rings (SSSR count). The third kappa shape index (κ3) is 2.51. The number of rotatable bonds is 2. The molecule has 1 saturated carbocycles. The van der Waals surface area contributed by atoms with E-state index in [4.69, 9.17) is 0 Å². The van der Waals surface area contributed by atoms with Crippen LogP contribution in [0.4, 0.5) is 0 Å². The summed E-state index contributed by atoms with van der Waals surface area (Å²) in [5, 5.41) is 0. The van der Waals surface area contributed by atoms with Gasteiger partial charge in [0.25, 0.3) is 0 Å². The average molecular weight is 281 g/mol. The van der Waals surface area contributed by atoms with Gasteiger partial charge >= 0.3 is 0 Å². The average Bonchev–Trinajstić information content (AvgIpc) is 2.55. The molecule has 1 aliphatic rings. The minimum Gasteiger partial charge on any atom is -0.0888 e. The van der Waals surface area contributed by atoms with E-state index in [2.05, 4.69) is 54.9 Å². The van der Waals surface area contributed by atoms with Crippen molar-refractivity contribution < 1.29 is 0 Å².